The molecule has 202 valence electrons. The minimum Gasteiger partial charge on any atom is -0.479 e. The molecule has 9 nitrogen and oxygen atoms in total. The zero-order chi connectivity index (χ0) is 27.4. The van der Waals surface area contributed by atoms with Crippen LogP contribution in [-0.2, 0) is 20.6 Å². The van der Waals surface area contributed by atoms with Crippen molar-refractivity contribution in [2.75, 3.05) is 24.0 Å². The van der Waals surface area contributed by atoms with Crippen LogP contribution in [0.2, 0.25) is 10.0 Å². The number of aromatic carboxylic acids is 1. The molecule has 0 unspecified atom stereocenters. The van der Waals surface area contributed by atoms with Crippen molar-refractivity contribution in [3.8, 4) is 16.2 Å². The Hall–Kier alpha value is -2.83. The molecule has 0 spiro atoms. The summed E-state index contributed by atoms with van der Waals surface area (Å²) in [7, 11) is -3.86. The second kappa shape index (κ2) is 11.9. The summed E-state index contributed by atoms with van der Waals surface area (Å²) in [6.07, 6.45) is 1.21. The maximum absolute atomic E-state index is 13.8. The Morgan fingerprint density at radius 3 is 2.45 bits per heavy atom. The standard InChI is InChI=1S/C25H24Cl2N2O7S2/c26-17-5-1-3-15(11-17)14-38(34,35)29(18-7-9-28-10-8-18)19-6-2-4-16(12-19)23-21(27)22(36-13-20(30)31)24(37-23)25(32)33/h1-6,11-12,18,28H,7-10,13-14H2,(H,30,31)(H,32,33). The van der Waals surface area contributed by atoms with E-state index in [1.165, 1.54) is 4.31 Å². The lowest BCUT2D eigenvalue weighted by Crippen LogP contribution is -2.46. The Labute approximate surface area is 233 Å². The second-order valence-corrected chi connectivity index (χ2v) is 12.3. The SMILES string of the molecule is O=C(O)COc1c(C(=O)O)sc(-c2cccc(N(C3CCNCC3)S(=O)(=O)Cc3cccc(Cl)c3)c2)c1Cl. The number of rotatable bonds is 10. The van der Waals surface area contributed by atoms with Crippen LogP contribution in [0, 0.1) is 0 Å². The van der Waals surface area contributed by atoms with Crippen molar-refractivity contribution in [3.63, 3.8) is 0 Å². The molecule has 0 radical (unpaired) electrons. The number of nitrogens with one attached hydrogen (secondary N) is 1. The van der Waals surface area contributed by atoms with E-state index >= 15 is 0 Å². The largest absolute Gasteiger partial charge is 0.479 e. The number of aliphatic carboxylic acids is 1. The average molecular weight is 600 g/mol. The lowest BCUT2D eigenvalue weighted by atomic mass is 10.1. The summed E-state index contributed by atoms with van der Waals surface area (Å²) < 4.78 is 34.2. The predicted octanol–water partition coefficient (Wildman–Crippen LogP) is 4.97. The summed E-state index contributed by atoms with van der Waals surface area (Å²) in [6.45, 7) is 0.564. The van der Waals surface area contributed by atoms with E-state index in [0.29, 0.717) is 52.6 Å². The molecule has 0 bridgehead atoms. The Morgan fingerprint density at radius 2 is 1.79 bits per heavy atom. The van der Waals surface area contributed by atoms with E-state index < -0.39 is 28.6 Å². The number of anilines is 1. The Bertz CT molecular complexity index is 1450. The molecule has 1 fully saturated rings. The molecule has 3 aromatic rings. The molecule has 1 aromatic heterocycles. The van der Waals surface area contributed by atoms with Crippen molar-refractivity contribution in [1.29, 1.82) is 0 Å². The van der Waals surface area contributed by atoms with Gasteiger partial charge in [-0.15, -0.1) is 11.3 Å². The normalized spacial score (nSPS) is 14.3. The van der Waals surface area contributed by atoms with Gasteiger partial charge in [-0.05, 0) is 61.3 Å². The molecule has 3 N–H and O–H groups in total. The van der Waals surface area contributed by atoms with Crippen LogP contribution in [0.25, 0.3) is 10.4 Å². The molecule has 4 rings (SSSR count). The predicted molar refractivity (Wildman–Crippen MR) is 147 cm³/mol. The highest BCUT2D eigenvalue weighted by Gasteiger charge is 2.32. The number of hydrogen-bond acceptors (Lipinski definition) is 7. The van der Waals surface area contributed by atoms with Crippen LogP contribution >= 0.6 is 34.5 Å². The van der Waals surface area contributed by atoms with E-state index in [0.717, 1.165) is 11.3 Å². The lowest BCUT2D eigenvalue weighted by molar-refractivity contribution is -0.139. The Balaban J connectivity index is 1.76. The fourth-order valence-electron chi connectivity index (χ4n) is 4.32. The molecule has 0 aliphatic carbocycles. The van der Waals surface area contributed by atoms with Gasteiger partial charge in [0.2, 0.25) is 10.0 Å². The lowest BCUT2D eigenvalue weighted by Gasteiger charge is -2.35. The van der Waals surface area contributed by atoms with Gasteiger partial charge in [-0.2, -0.15) is 0 Å². The number of benzene rings is 2. The molecule has 0 atom stereocenters. The van der Waals surface area contributed by atoms with E-state index in [4.69, 9.17) is 33.0 Å². The highest BCUT2D eigenvalue weighted by atomic mass is 35.5. The van der Waals surface area contributed by atoms with E-state index in [9.17, 15) is 23.1 Å². The smallest absolute Gasteiger partial charge is 0.349 e. The fraction of sp³-hybridized carbons (Fsp3) is 0.280. The number of carbonyl (C=O) groups is 2. The molecule has 13 heteroatoms. The monoisotopic (exact) mass is 598 g/mol. The van der Waals surface area contributed by atoms with Gasteiger partial charge in [-0.25, -0.2) is 18.0 Å². The van der Waals surface area contributed by atoms with Crippen LogP contribution in [0.4, 0.5) is 5.69 Å². The molecule has 38 heavy (non-hydrogen) atoms. The number of ether oxygens (including phenoxy) is 1. The first-order valence-electron chi connectivity index (χ1n) is 11.5. The minimum absolute atomic E-state index is 0.0546. The van der Waals surface area contributed by atoms with Gasteiger partial charge >= 0.3 is 11.9 Å². The summed E-state index contributed by atoms with van der Waals surface area (Å²) in [5.41, 5.74) is 1.44. The van der Waals surface area contributed by atoms with Crippen molar-refractivity contribution >= 4 is 62.2 Å². The number of sulfonamides is 1. The van der Waals surface area contributed by atoms with Crippen LogP contribution in [0.15, 0.2) is 48.5 Å². The highest BCUT2D eigenvalue weighted by Crippen LogP contribution is 2.46. The average Bonchev–Trinajstić information content (AvgIpc) is 3.19. The number of carboxylic acids is 2. The quantitative estimate of drug-likeness (QED) is 0.298. The van der Waals surface area contributed by atoms with Gasteiger partial charge in [-0.1, -0.05) is 47.5 Å². The van der Waals surface area contributed by atoms with Gasteiger partial charge in [-0.3, -0.25) is 4.31 Å². The Morgan fingerprint density at radius 1 is 1.08 bits per heavy atom. The van der Waals surface area contributed by atoms with Crippen molar-refractivity contribution < 1.29 is 33.0 Å². The van der Waals surface area contributed by atoms with Crippen molar-refractivity contribution in [2.24, 2.45) is 0 Å². The summed E-state index contributed by atoms with van der Waals surface area (Å²) >= 11 is 13.4. The Kier molecular flexibility index (Phi) is 8.84. The second-order valence-electron chi connectivity index (χ2n) is 8.60. The topological polar surface area (TPSA) is 133 Å². The van der Waals surface area contributed by atoms with Gasteiger partial charge in [0.25, 0.3) is 0 Å². The van der Waals surface area contributed by atoms with Crippen molar-refractivity contribution in [3.05, 3.63) is 69.0 Å². The molecule has 0 amide bonds. The molecule has 2 heterocycles. The first kappa shape index (κ1) is 28.2. The van der Waals surface area contributed by atoms with Crippen LogP contribution in [-0.4, -0.2) is 56.3 Å². The number of carboxylic acid groups (broad SMARTS) is 2. The summed E-state index contributed by atoms with van der Waals surface area (Å²) in [5.74, 6) is -3.09. The van der Waals surface area contributed by atoms with Crippen LogP contribution in [0.5, 0.6) is 5.75 Å². The number of nitrogens with zero attached hydrogens (tertiary/aromatic N) is 1. The van der Waals surface area contributed by atoms with E-state index in [2.05, 4.69) is 5.32 Å². The van der Waals surface area contributed by atoms with E-state index in [1.807, 2.05) is 0 Å². The molecule has 2 aromatic carbocycles. The zero-order valence-electron chi connectivity index (χ0n) is 19.9. The maximum Gasteiger partial charge on any atom is 0.349 e. The summed E-state index contributed by atoms with van der Waals surface area (Å²) in [5, 5.41) is 22.2. The van der Waals surface area contributed by atoms with E-state index in [-0.39, 0.29) is 27.4 Å². The molecule has 1 aliphatic heterocycles. The first-order chi connectivity index (χ1) is 18.1. The third kappa shape index (κ3) is 6.41. The third-order valence-corrected chi connectivity index (χ3v) is 9.61. The molecular formula is C25H24Cl2N2O7S2. The summed E-state index contributed by atoms with van der Waals surface area (Å²) in [4.78, 5) is 22.8. The van der Waals surface area contributed by atoms with Crippen molar-refractivity contribution in [1.82, 2.24) is 5.32 Å². The van der Waals surface area contributed by atoms with Crippen LogP contribution in [0.3, 0.4) is 0 Å². The summed E-state index contributed by atoms with van der Waals surface area (Å²) in [6, 6.07) is 13.1. The zero-order valence-corrected chi connectivity index (χ0v) is 23.0. The van der Waals surface area contributed by atoms with Crippen LogP contribution < -0.4 is 14.4 Å². The molecule has 0 saturated carbocycles. The molecular weight excluding hydrogens is 575 g/mol. The highest BCUT2D eigenvalue weighted by molar-refractivity contribution is 7.92. The van der Waals surface area contributed by atoms with Crippen LogP contribution in [0.1, 0.15) is 28.1 Å². The van der Waals surface area contributed by atoms with E-state index in [1.54, 1.807) is 48.5 Å². The first-order valence-corrected chi connectivity index (χ1v) is 14.7. The molecule has 1 saturated heterocycles. The van der Waals surface area contributed by atoms with Gasteiger partial charge in [0, 0.05) is 11.1 Å². The van der Waals surface area contributed by atoms with Gasteiger partial charge in [0.05, 0.1) is 16.3 Å². The fourth-order valence-corrected chi connectivity index (χ4v) is 7.77. The number of hydrogen-bond donors (Lipinski definition) is 3. The van der Waals surface area contributed by atoms with Gasteiger partial charge in [0.15, 0.2) is 17.2 Å². The van der Waals surface area contributed by atoms with Gasteiger partial charge in [0.1, 0.15) is 5.02 Å². The number of thiophene rings is 1. The third-order valence-electron chi connectivity index (χ3n) is 5.88. The van der Waals surface area contributed by atoms with Gasteiger partial charge < -0.3 is 20.3 Å². The molecule has 1 aliphatic rings. The van der Waals surface area contributed by atoms with Crippen molar-refractivity contribution in [2.45, 2.75) is 24.6 Å². The number of halogens is 2. The number of piperidine rings is 1. The maximum atomic E-state index is 13.8. The minimum atomic E-state index is -3.86.